The van der Waals surface area contributed by atoms with Crippen molar-refractivity contribution in [2.45, 2.75) is 38.6 Å². The summed E-state index contributed by atoms with van der Waals surface area (Å²) in [4.78, 5) is 0. The first-order chi connectivity index (χ1) is 9.90. The summed E-state index contributed by atoms with van der Waals surface area (Å²) >= 11 is 0. The largest absolute Gasteiger partial charge is 0.310 e. The van der Waals surface area contributed by atoms with Gasteiger partial charge in [-0.1, -0.05) is 67.6 Å². The van der Waals surface area contributed by atoms with E-state index in [4.69, 9.17) is 0 Å². The molecule has 1 heteroatoms. The Bertz CT molecular complexity index is 464. The summed E-state index contributed by atoms with van der Waals surface area (Å²) in [5.74, 6) is 0. The molecule has 2 aromatic rings. The molecule has 1 N–H and O–H groups in total. The van der Waals surface area contributed by atoms with Crippen molar-refractivity contribution in [3.05, 3.63) is 71.8 Å². The standard InChI is InChI=1S/C19H25N/c1-2-16-20-19(18-13-7-4-8-14-18)15-9-12-17-10-5-3-6-11-17/h3-8,10-11,13-14,19-20H,2,9,12,15-16H2,1H3. The zero-order valence-corrected chi connectivity index (χ0v) is 12.4. The van der Waals surface area contributed by atoms with Gasteiger partial charge in [-0.3, -0.25) is 0 Å². The average molecular weight is 267 g/mol. The van der Waals surface area contributed by atoms with Crippen LogP contribution in [0, 0.1) is 0 Å². The first kappa shape index (κ1) is 14.8. The van der Waals surface area contributed by atoms with E-state index < -0.39 is 0 Å². The van der Waals surface area contributed by atoms with Crippen molar-refractivity contribution < 1.29 is 0 Å². The van der Waals surface area contributed by atoms with Crippen LogP contribution in [0.4, 0.5) is 0 Å². The highest BCUT2D eigenvalue weighted by Gasteiger charge is 2.09. The molecule has 1 unspecified atom stereocenters. The predicted molar refractivity (Wildman–Crippen MR) is 86.9 cm³/mol. The Hall–Kier alpha value is -1.60. The van der Waals surface area contributed by atoms with Crippen molar-refractivity contribution >= 4 is 0 Å². The second-order valence-corrected chi connectivity index (χ2v) is 5.30. The van der Waals surface area contributed by atoms with Gasteiger partial charge in [0, 0.05) is 6.04 Å². The SMILES string of the molecule is CCCNC(CCCc1ccccc1)c1ccccc1. The maximum absolute atomic E-state index is 3.67. The quantitative estimate of drug-likeness (QED) is 0.727. The molecule has 1 atom stereocenters. The van der Waals surface area contributed by atoms with Crippen LogP contribution in [0.25, 0.3) is 0 Å². The molecule has 0 radical (unpaired) electrons. The van der Waals surface area contributed by atoms with Crippen molar-refractivity contribution in [2.75, 3.05) is 6.54 Å². The summed E-state index contributed by atoms with van der Waals surface area (Å²) in [7, 11) is 0. The minimum absolute atomic E-state index is 0.486. The van der Waals surface area contributed by atoms with Crippen LogP contribution in [0.3, 0.4) is 0 Å². The predicted octanol–water partition coefficient (Wildman–Crippen LogP) is 4.75. The van der Waals surface area contributed by atoms with Gasteiger partial charge in [0.2, 0.25) is 0 Å². The molecule has 0 spiro atoms. The molecule has 106 valence electrons. The smallest absolute Gasteiger partial charge is 0.0320 e. The van der Waals surface area contributed by atoms with Gasteiger partial charge < -0.3 is 5.32 Å². The molecule has 0 aromatic heterocycles. The number of aryl methyl sites for hydroxylation is 1. The zero-order valence-electron chi connectivity index (χ0n) is 12.4. The molecule has 2 rings (SSSR count). The van der Waals surface area contributed by atoms with Crippen LogP contribution in [0.2, 0.25) is 0 Å². The summed E-state index contributed by atoms with van der Waals surface area (Å²) < 4.78 is 0. The van der Waals surface area contributed by atoms with Crippen LogP contribution in [0.1, 0.15) is 43.4 Å². The molecule has 0 saturated heterocycles. The molecule has 0 fully saturated rings. The molecule has 0 bridgehead atoms. The molecule has 0 aliphatic carbocycles. The van der Waals surface area contributed by atoms with Crippen LogP contribution in [0.5, 0.6) is 0 Å². The van der Waals surface area contributed by atoms with Crippen molar-refractivity contribution in [1.29, 1.82) is 0 Å². The molecule has 20 heavy (non-hydrogen) atoms. The van der Waals surface area contributed by atoms with Crippen molar-refractivity contribution in [2.24, 2.45) is 0 Å². The molecule has 0 amide bonds. The van der Waals surface area contributed by atoms with Crippen molar-refractivity contribution in [3.63, 3.8) is 0 Å². The maximum Gasteiger partial charge on any atom is 0.0320 e. The summed E-state index contributed by atoms with van der Waals surface area (Å²) in [5, 5.41) is 3.67. The molecule has 0 aliphatic heterocycles. The summed E-state index contributed by atoms with van der Waals surface area (Å²) in [6.45, 7) is 3.31. The fourth-order valence-electron chi connectivity index (χ4n) is 2.55. The summed E-state index contributed by atoms with van der Waals surface area (Å²) in [6.07, 6.45) is 4.76. The number of nitrogens with one attached hydrogen (secondary N) is 1. The van der Waals surface area contributed by atoms with E-state index in [0.29, 0.717) is 6.04 Å². The van der Waals surface area contributed by atoms with Gasteiger partial charge in [0.05, 0.1) is 0 Å². The fourth-order valence-corrected chi connectivity index (χ4v) is 2.55. The van der Waals surface area contributed by atoms with E-state index in [0.717, 1.165) is 13.0 Å². The third-order valence-corrected chi connectivity index (χ3v) is 3.64. The second kappa shape index (κ2) is 8.55. The minimum atomic E-state index is 0.486. The number of rotatable bonds is 8. The lowest BCUT2D eigenvalue weighted by Gasteiger charge is -2.19. The number of hydrogen-bond donors (Lipinski definition) is 1. The van der Waals surface area contributed by atoms with E-state index in [2.05, 4.69) is 72.9 Å². The van der Waals surface area contributed by atoms with E-state index in [1.54, 1.807) is 0 Å². The fraction of sp³-hybridized carbons (Fsp3) is 0.368. The Labute approximate surface area is 123 Å². The van der Waals surface area contributed by atoms with Gasteiger partial charge in [0.15, 0.2) is 0 Å². The topological polar surface area (TPSA) is 12.0 Å². The number of hydrogen-bond acceptors (Lipinski definition) is 1. The third kappa shape index (κ3) is 4.82. The highest BCUT2D eigenvalue weighted by Crippen LogP contribution is 2.19. The molecule has 0 aliphatic rings. The van der Waals surface area contributed by atoms with Gasteiger partial charge >= 0.3 is 0 Å². The van der Waals surface area contributed by atoms with E-state index in [-0.39, 0.29) is 0 Å². The highest BCUT2D eigenvalue weighted by atomic mass is 14.9. The molecule has 0 saturated carbocycles. The van der Waals surface area contributed by atoms with Crippen LogP contribution >= 0.6 is 0 Å². The Morgan fingerprint density at radius 3 is 2.20 bits per heavy atom. The van der Waals surface area contributed by atoms with Crippen LogP contribution in [0.15, 0.2) is 60.7 Å². The number of benzene rings is 2. The lowest BCUT2D eigenvalue weighted by molar-refractivity contribution is 0.484. The van der Waals surface area contributed by atoms with E-state index in [1.807, 2.05) is 0 Å². The van der Waals surface area contributed by atoms with Crippen LogP contribution in [-0.4, -0.2) is 6.54 Å². The summed E-state index contributed by atoms with van der Waals surface area (Å²) in [6, 6.07) is 22.1. The van der Waals surface area contributed by atoms with Crippen LogP contribution < -0.4 is 5.32 Å². The highest BCUT2D eigenvalue weighted by molar-refractivity contribution is 5.19. The van der Waals surface area contributed by atoms with Gasteiger partial charge in [0.1, 0.15) is 0 Å². The average Bonchev–Trinajstić information content (AvgIpc) is 2.52. The van der Waals surface area contributed by atoms with Gasteiger partial charge in [-0.05, 0) is 43.4 Å². The second-order valence-electron chi connectivity index (χ2n) is 5.30. The van der Waals surface area contributed by atoms with Gasteiger partial charge in [0.25, 0.3) is 0 Å². The Morgan fingerprint density at radius 1 is 0.900 bits per heavy atom. The van der Waals surface area contributed by atoms with E-state index in [1.165, 1.54) is 30.4 Å². The Balaban J connectivity index is 1.88. The molecular formula is C19H25N. The zero-order chi connectivity index (χ0) is 14.0. The molecular weight excluding hydrogens is 242 g/mol. The van der Waals surface area contributed by atoms with Gasteiger partial charge in [-0.25, -0.2) is 0 Å². The molecule has 1 nitrogen and oxygen atoms in total. The maximum atomic E-state index is 3.67. The Kier molecular flexibility index (Phi) is 6.33. The van der Waals surface area contributed by atoms with Gasteiger partial charge in [-0.15, -0.1) is 0 Å². The Morgan fingerprint density at radius 2 is 1.55 bits per heavy atom. The summed E-state index contributed by atoms with van der Waals surface area (Å²) in [5.41, 5.74) is 2.85. The normalized spacial score (nSPS) is 12.2. The third-order valence-electron chi connectivity index (χ3n) is 3.64. The van der Waals surface area contributed by atoms with Crippen LogP contribution in [-0.2, 0) is 6.42 Å². The first-order valence-electron chi connectivity index (χ1n) is 7.72. The minimum Gasteiger partial charge on any atom is -0.310 e. The van der Waals surface area contributed by atoms with Crippen molar-refractivity contribution in [3.8, 4) is 0 Å². The molecule has 0 heterocycles. The lowest BCUT2D eigenvalue weighted by atomic mass is 9.99. The van der Waals surface area contributed by atoms with Crippen molar-refractivity contribution in [1.82, 2.24) is 5.32 Å². The van der Waals surface area contributed by atoms with E-state index in [9.17, 15) is 0 Å². The lowest BCUT2D eigenvalue weighted by Crippen LogP contribution is -2.22. The molecule has 2 aromatic carbocycles. The monoisotopic (exact) mass is 267 g/mol. The van der Waals surface area contributed by atoms with E-state index >= 15 is 0 Å². The van der Waals surface area contributed by atoms with Gasteiger partial charge in [-0.2, -0.15) is 0 Å². The first-order valence-corrected chi connectivity index (χ1v) is 7.72.